The van der Waals surface area contributed by atoms with Crippen LogP contribution in [0.3, 0.4) is 0 Å². The molecule has 0 amide bonds. The minimum absolute atomic E-state index is 0.0842. The number of benzene rings is 1. The van der Waals surface area contributed by atoms with E-state index in [4.69, 9.17) is 14.3 Å². The highest BCUT2D eigenvalue weighted by molar-refractivity contribution is 7.89. The van der Waals surface area contributed by atoms with Gasteiger partial charge in [0.25, 0.3) is 10.0 Å². The molecule has 0 saturated carbocycles. The molecule has 0 heterocycles. The summed E-state index contributed by atoms with van der Waals surface area (Å²) in [7, 11) is 0.521. The summed E-state index contributed by atoms with van der Waals surface area (Å²) in [4.78, 5) is 26.8. The van der Waals surface area contributed by atoms with Crippen molar-refractivity contribution < 1.29 is 37.1 Å². The van der Waals surface area contributed by atoms with Crippen LogP contribution < -0.4 is 9.47 Å². The van der Waals surface area contributed by atoms with E-state index in [1.165, 1.54) is 20.3 Å². The Labute approximate surface area is 133 Å². The van der Waals surface area contributed by atoms with Crippen LogP contribution in [0.1, 0.15) is 10.4 Å². The number of carbonyl (C=O) groups is 2. The molecule has 1 aromatic rings. The Morgan fingerprint density at radius 3 is 2.13 bits per heavy atom. The number of carbonyl (C=O) groups excluding carboxylic acids is 2. The highest BCUT2D eigenvalue weighted by Crippen LogP contribution is 2.34. The van der Waals surface area contributed by atoms with E-state index in [2.05, 4.69) is 4.74 Å². The van der Waals surface area contributed by atoms with Crippen molar-refractivity contribution in [2.24, 2.45) is 0 Å². The summed E-state index contributed by atoms with van der Waals surface area (Å²) in [5.74, 6) is -0.668. The number of sulfonamides is 1. The molecule has 0 atom stereocenters. The molecule has 0 spiro atoms. The number of methoxy groups -OCH3 is 3. The fourth-order valence-electron chi connectivity index (χ4n) is 1.78. The van der Waals surface area contributed by atoms with Crippen molar-refractivity contribution in [2.45, 2.75) is 4.90 Å². The molecule has 1 rings (SSSR count). The highest BCUT2D eigenvalue weighted by atomic mass is 32.2. The molecule has 0 fully saturated rings. The molecular formula is C13H17NO8S. The Hall–Kier alpha value is -2.17. The fraction of sp³-hybridized carbons (Fsp3) is 0.385. The lowest BCUT2D eigenvalue weighted by molar-refractivity contribution is -0.116. The molecule has 0 aliphatic heterocycles. The van der Waals surface area contributed by atoms with Crippen molar-refractivity contribution >= 4 is 22.3 Å². The first-order chi connectivity index (χ1) is 10.9. The molecule has 0 aliphatic carbocycles. The Morgan fingerprint density at radius 2 is 1.70 bits per heavy atom. The second-order valence-electron chi connectivity index (χ2n) is 4.03. The molecule has 0 saturated heterocycles. The Kier molecular flexibility index (Phi) is 6.49. The summed E-state index contributed by atoms with van der Waals surface area (Å²) in [6.07, 6.45) is 0.347. The summed E-state index contributed by atoms with van der Waals surface area (Å²) in [6.45, 7) is -0.548. The summed E-state index contributed by atoms with van der Waals surface area (Å²) in [5, 5.41) is 0. The van der Waals surface area contributed by atoms with Gasteiger partial charge in [0.15, 0.2) is 11.5 Å². The van der Waals surface area contributed by atoms with Crippen LogP contribution >= 0.6 is 0 Å². The monoisotopic (exact) mass is 347 g/mol. The summed E-state index contributed by atoms with van der Waals surface area (Å²) in [5.41, 5.74) is -0.280. The van der Waals surface area contributed by atoms with Crippen molar-refractivity contribution in [2.75, 3.05) is 35.0 Å². The molecule has 128 valence electrons. The molecular weight excluding hydrogens is 330 g/mol. The topological polar surface area (TPSA) is 108 Å². The van der Waals surface area contributed by atoms with Gasteiger partial charge in [0.2, 0.25) is 0 Å². The van der Waals surface area contributed by atoms with E-state index in [9.17, 15) is 18.0 Å². The summed E-state index contributed by atoms with van der Waals surface area (Å²) < 4.78 is 40.3. The molecule has 9 nitrogen and oxygen atoms in total. The van der Waals surface area contributed by atoms with Gasteiger partial charge in [-0.2, -0.15) is 0 Å². The molecule has 0 aromatic heterocycles. The summed E-state index contributed by atoms with van der Waals surface area (Å²) >= 11 is 0. The Morgan fingerprint density at radius 1 is 1.13 bits per heavy atom. The van der Waals surface area contributed by atoms with E-state index in [1.807, 2.05) is 0 Å². The minimum Gasteiger partial charge on any atom is -0.493 e. The lowest BCUT2D eigenvalue weighted by atomic mass is 10.2. The standard InChI is InChI=1S/C13H17NO8S/c1-19-10-7-9(13(16)21-3)12(8-11(10)20-2)23(17,18)14(22-4)5-6-15/h6-8H,5H2,1-4H3. The maximum absolute atomic E-state index is 12.6. The zero-order valence-electron chi connectivity index (χ0n) is 13.1. The first-order valence-corrected chi connectivity index (χ1v) is 7.66. The Bertz CT molecular complexity index is 685. The van der Waals surface area contributed by atoms with Crippen LogP contribution in [0.5, 0.6) is 11.5 Å². The normalized spacial score (nSPS) is 11.2. The maximum atomic E-state index is 12.6. The fourth-order valence-corrected chi connectivity index (χ4v) is 3.13. The van der Waals surface area contributed by atoms with Gasteiger partial charge in [-0.1, -0.05) is 4.47 Å². The van der Waals surface area contributed by atoms with Gasteiger partial charge < -0.3 is 19.0 Å². The van der Waals surface area contributed by atoms with Gasteiger partial charge in [-0.3, -0.25) is 4.84 Å². The number of ether oxygens (including phenoxy) is 3. The lowest BCUT2D eigenvalue weighted by Crippen LogP contribution is -2.33. The van der Waals surface area contributed by atoms with Crippen molar-refractivity contribution in [3.63, 3.8) is 0 Å². The third kappa shape index (κ3) is 3.78. The average Bonchev–Trinajstić information content (AvgIpc) is 2.57. The van der Waals surface area contributed by atoms with Crippen molar-refractivity contribution in [3.05, 3.63) is 17.7 Å². The smallest absolute Gasteiger partial charge is 0.339 e. The quantitative estimate of drug-likeness (QED) is 0.374. The van der Waals surface area contributed by atoms with Crippen molar-refractivity contribution in [1.29, 1.82) is 0 Å². The Balaban J connectivity index is 3.66. The largest absolute Gasteiger partial charge is 0.493 e. The molecule has 0 radical (unpaired) electrons. The third-order valence-electron chi connectivity index (χ3n) is 2.86. The lowest BCUT2D eigenvalue weighted by Gasteiger charge is -2.19. The molecule has 0 N–H and O–H groups in total. The molecule has 0 unspecified atom stereocenters. The van der Waals surface area contributed by atoms with Gasteiger partial charge in [0, 0.05) is 6.07 Å². The van der Waals surface area contributed by atoms with Crippen LogP contribution in [0.2, 0.25) is 0 Å². The van der Waals surface area contributed by atoms with Gasteiger partial charge in [0.1, 0.15) is 11.2 Å². The number of hydroxylamine groups is 1. The van der Waals surface area contributed by atoms with E-state index >= 15 is 0 Å². The van der Waals surface area contributed by atoms with Gasteiger partial charge in [-0.25, -0.2) is 13.2 Å². The van der Waals surface area contributed by atoms with Crippen LogP contribution in [-0.4, -0.2) is 60.1 Å². The average molecular weight is 347 g/mol. The first kappa shape index (κ1) is 18.9. The van der Waals surface area contributed by atoms with Crippen molar-refractivity contribution in [1.82, 2.24) is 4.47 Å². The molecule has 0 aliphatic rings. The third-order valence-corrected chi connectivity index (χ3v) is 4.59. The van der Waals surface area contributed by atoms with Gasteiger partial charge in [0.05, 0.1) is 40.5 Å². The van der Waals surface area contributed by atoms with Crippen LogP contribution in [0, 0.1) is 0 Å². The molecule has 10 heteroatoms. The SMILES string of the molecule is COC(=O)c1cc(OC)c(OC)cc1S(=O)(=O)N(CC=O)OC. The highest BCUT2D eigenvalue weighted by Gasteiger charge is 2.31. The number of aldehydes is 1. The van der Waals surface area contributed by atoms with Crippen LogP contribution in [-0.2, 0) is 24.4 Å². The van der Waals surface area contributed by atoms with Gasteiger partial charge in [-0.15, -0.1) is 0 Å². The molecule has 23 heavy (non-hydrogen) atoms. The molecule has 0 bridgehead atoms. The number of rotatable bonds is 8. The minimum atomic E-state index is -4.31. The maximum Gasteiger partial charge on any atom is 0.339 e. The van der Waals surface area contributed by atoms with E-state index < -0.39 is 27.4 Å². The van der Waals surface area contributed by atoms with Crippen molar-refractivity contribution in [3.8, 4) is 11.5 Å². The van der Waals surface area contributed by atoms with E-state index in [-0.39, 0.29) is 17.1 Å². The summed E-state index contributed by atoms with van der Waals surface area (Å²) in [6, 6.07) is 2.27. The predicted molar refractivity (Wildman–Crippen MR) is 77.9 cm³/mol. The number of esters is 1. The van der Waals surface area contributed by atoms with E-state index in [1.54, 1.807) is 0 Å². The number of hydrogen-bond donors (Lipinski definition) is 0. The van der Waals surface area contributed by atoms with E-state index in [0.29, 0.717) is 10.8 Å². The predicted octanol–water partition coefficient (Wildman–Crippen LogP) is 0.241. The zero-order valence-corrected chi connectivity index (χ0v) is 13.9. The molecule has 1 aromatic carbocycles. The van der Waals surface area contributed by atoms with Crippen LogP contribution in [0.15, 0.2) is 17.0 Å². The van der Waals surface area contributed by atoms with Crippen LogP contribution in [0.4, 0.5) is 0 Å². The number of hydrogen-bond acceptors (Lipinski definition) is 8. The second-order valence-corrected chi connectivity index (χ2v) is 5.83. The van der Waals surface area contributed by atoms with Gasteiger partial charge >= 0.3 is 5.97 Å². The second kappa shape index (κ2) is 7.90. The first-order valence-electron chi connectivity index (χ1n) is 6.22. The number of nitrogens with zero attached hydrogens (tertiary/aromatic N) is 1. The van der Waals surface area contributed by atoms with E-state index in [0.717, 1.165) is 20.3 Å². The zero-order chi connectivity index (χ0) is 17.6. The van der Waals surface area contributed by atoms with Gasteiger partial charge in [-0.05, 0) is 6.07 Å². The van der Waals surface area contributed by atoms with Crippen LogP contribution in [0.25, 0.3) is 0 Å².